The molecule has 4 atom stereocenters. The standard InChI is InChI=1S/C35H37FN2O8/c1-34(2,3)12-11-22(39)25-21(36)15-19-13-18-14-20-27(38(4)5)30-26(33(37-46-30)45-16-17-9-7-6-8-10-17)32(43)35(20,44)31(42)24(18)28(40)23(19)29(25)41/h6-10,15,18,20,27,40-41,44H,11-14,16H2,1-5H3/t18-,20-,27-,35-/m0/s1. The van der Waals surface area contributed by atoms with E-state index in [0.29, 0.717) is 6.42 Å². The predicted octanol–water partition coefficient (Wildman–Crippen LogP) is 5.37. The normalized spacial score (nSPS) is 24.0. The maximum atomic E-state index is 15.4. The lowest BCUT2D eigenvalue weighted by molar-refractivity contribution is -0.142. The van der Waals surface area contributed by atoms with Gasteiger partial charge in [0.2, 0.25) is 11.6 Å². The number of fused-ring (bicyclic) bond motifs is 4. The van der Waals surface area contributed by atoms with E-state index < -0.39 is 63.7 Å². The molecular weight excluding hydrogens is 595 g/mol. The largest absolute Gasteiger partial charge is 0.507 e. The van der Waals surface area contributed by atoms with Crippen molar-refractivity contribution in [3.63, 3.8) is 0 Å². The van der Waals surface area contributed by atoms with Gasteiger partial charge in [-0.2, -0.15) is 0 Å². The van der Waals surface area contributed by atoms with Crippen LogP contribution in [0.15, 0.2) is 46.5 Å². The third kappa shape index (κ3) is 4.93. The molecule has 0 aliphatic heterocycles. The zero-order chi connectivity index (χ0) is 33.3. The molecule has 11 heteroatoms. The second-order valence-electron chi connectivity index (χ2n) is 13.9. The van der Waals surface area contributed by atoms with Gasteiger partial charge in [-0.3, -0.25) is 19.3 Å². The second-order valence-corrected chi connectivity index (χ2v) is 13.9. The van der Waals surface area contributed by atoms with E-state index in [1.807, 2.05) is 51.1 Å². The number of Topliss-reactive ketones (excluding diaryl/α,β-unsaturated/α-hetero) is 3. The SMILES string of the molecule is CN(C)[C@@H]1c2onc(OCc3ccccc3)c2C(=O)[C@@]2(O)C(=O)C3=C(O)c4c(cc(F)c(C(=O)CCC(C)(C)C)c4O)C[C@H]3C[C@@H]12. The van der Waals surface area contributed by atoms with Crippen molar-refractivity contribution in [2.45, 2.75) is 64.7 Å². The second kappa shape index (κ2) is 11.2. The van der Waals surface area contributed by atoms with Crippen molar-refractivity contribution in [3.8, 4) is 11.6 Å². The molecule has 0 bridgehead atoms. The summed E-state index contributed by atoms with van der Waals surface area (Å²) in [5.74, 6) is -6.75. The summed E-state index contributed by atoms with van der Waals surface area (Å²) < 4.78 is 26.8. The Kier molecular flexibility index (Phi) is 7.68. The lowest BCUT2D eigenvalue weighted by Crippen LogP contribution is -2.63. The van der Waals surface area contributed by atoms with Crippen molar-refractivity contribution in [3.05, 3.63) is 81.4 Å². The molecule has 10 nitrogen and oxygen atoms in total. The highest BCUT2D eigenvalue weighted by atomic mass is 19.1. The predicted molar refractivity (Wildman–Crippen MR) is 164 cm³/mol. The van der Waals surface area contributed by atoms with Gasteiger partial charge in [0.15, 0.2) is 17.1 Å². The van der Waals surface area contributed by atoms with Crippen LogP contribution in [-0.2, 0) is 17.8 Å². The fourth-order valence-corrected chi connectivity index (χ4v) is 7.15. The molecule has 1 saturated carbocycles. The average molecular weight is 633 g/mol. The molecule has 3 N–H and O–H groups in total. The van der Waals surface area contributed by atoms with E-state index in [2.05, 4.69) is 5.16 Å². The van der Waals surface area contributed by atoms with Crippen LogP contribution in [0.1, 0.15) is 89.2 Å². The minimum atomic E-state index is -2.63. The van der Waals surface area contributed by atoms with Crippen molar-refractivity contribution < 1.29 is 43.4 Å². The van der Waals surface area contributed by atoms with Gasteiger partial charge < -0.3 is 24.6 Å². The molecule has 0 radical (unpaired) electrons. The molecule has 0 saturated heterocycles. The molecular formula is C35H37FN2O8. The number of carbonyl (C=O) groups is 3. The van der Waals surface area contributed by atoms with Crippen LogP contribution in [0.4, 0.5) is 4.39 Å². The van der Waals surface area contributed by atoms with Crippen LogP contribution < -0.4 is 4.74 Å². The maximum Gasteiger partial charge on any atom is 0.265 e. The molecule has 0 amide bonds. The Balaban J connectivity index is 1.42. The first-order valence-electron chi connectivity index (χ1n) is 15.3. The molecule has 2 aromatic carbocycles. The molecule has 3 aliphatic carbocycles. The Morgan fingerprint density at radius 2 is 1.83 bits per heavy atom. The van der Waals surface area contributed by atoms with Crippen molar-refractivity contribution >= 4 is 23.1 Å². The highest BCUT2D eigenvalue weighted by molar-refractivity contribution is 6.26. The zero-order valence-electron chi connectivity index (χ0n) is 26.4. The van der Waals surface area contributed by atoms with Gasteiger partial charge in [-0.1, -0.05) is 51.1 Å². The number of hydrogen-bond acceptors (Lipinski definition) is 10. The number of ether oxygens (including phenoxy) is 1. The number of rotatable bonds is 7. The van der Waals surface area contributed by atoms with Gasteiger partial charge in [0.05, 0.1) is 17.2 Å². The Hall–Kier alpha value is -4.35. The molecule has 0 spiro atoms. The number of halogens is 1. The van der Waals surface area contributed by atoms with Gasteiger partial charge in [-0.05, 0) is 67.0 Å². The van der Waals surface area contributed by atoms with Crippen molar-refractivity contribution in [2.24, 2.45) is 17.3 Å². The molecule has 6 rings (SSSR count). The summed E-state index contributed by atoms with van der Waals surface area (Å²) in [5, 5.41) is 38.9. The highest BCUT2D eigenvalue weighted by Crippen LogP contribution is 2.56. The van der Waals surface area contributed by atoms with Crippen LogP contribution in [0, 0.1) is 23.1 Å². The number of nitrogens with zero attached hydrogens (tertiary/aromatic N) is 2. The van der Waals surface area contributed by atoms with Crippen LogP contribution in [0.3, 0.4) is 0 Å². The molecule has 1 heterocycles. The highest BCUT2D eigenvalue weighted by Gasteiger charge is 2.65. The summed E-state index contributed by atoms with van der Waals surface area (Å²) in [4.78, 5) is 43.2. The van der Waals surface area contributed by atoms with Crippen molar-refractivity contribution in [1.82, 2.24) is 10.1 Å². The molecule has 46 heavy (non-hydrogen) atoms. The van der Waals surface area contributed by atoms with Gasteiger partial charge in [0, 0.05) is 17.9 Å². The van der Waals surface area contributed by atoms with E-state index in [1.165, 1.54) is 0 Å². The number of hydrogen-bond donors (Lipinski definition) is 3. The zero-order valence-corrected chi connectivity index (χ0v) is 26.4. The average Bonchev–Trinajstić information content (AvgIpc) is 3.40. The van der Waals surface area contributed by atoms with Gasteiger partial charge in [0.25, 0.3) is 5.88 Å². The van der Waals surface area contributed by atoms with Crippen LogP contribution >= 0.6 is 0 Å². The molecule has 1 aromatic heterocycles. The molecule has 0 unspecified atom stereocenters. The lowest BCUT2D eigenvalue weighted by atomic mass is 9.57. The van der Waals surface area contributed by atoms with Crippen LogP contribution in [0.2, 0.25) is 0 Å². The number of benzene rings is 2. The number of aliphatic hydroxyl groups is 2. The van der Waals surface area contributed by atoms with Crippen LogP contribution in [0.5, 0.6) is 11.6 Å². The summed E-state index contributed by atoms with van der Waals surface area (Å²) in [6.45, 7) is 5.84. The Morgan fingerprint density at radius 1 is 1.13 bits per heavy atom. The minimum Gasteiger partial charge on any atom is -0.507 e. The number of ketones is 3. The topological polar surface area (TPSA) is 150 Å². The van der Waals surface area contributed by atoms with Crippen molar-refractivity contribution in [1.29, 1.82) is 0 Å². The first-order valence-corrected chi connectivity index (χ1v) is 15.3. The molecule has 3 aromatic rings. The summed E-state index contributed by atoms with van der Waals surface area (Å²) >= 11 is 0. The molecule has 1 fully saturated rings. The third-order valence-electron chi connectivity index (χ3n) is 9.43. The van der Waals surface area contributed by atoms with Crippen molar-refractivity contribution in [2.75, 3.05) is 14.1 Å². The van der Waals surface area contributed by atoms with Gasteiger partial charge in [0.1, 0.15) is 29.5 Å². The Morgan fingerprint density at radius 3 is 2.48 bits per heavy atom. The fraction of sp³-hybridized carbons (Fsp3) is 0.429. The smallest absolute Gasteiger partial charge is 0.265 e. The monoisotopic (exact) mass is 632 g/mol. The quantitative estimate of drug-likeness (QED) is 0.229. The minimum absolute atomic E-state index is 0.0248. The number of aliphatic hydroxyl groups excluding tert-OH is 1. The first-order chi connectivity index (χ1) is 21.6. The van der Waals surface area contributed by atoms with E-state index in [-0.39, 0.29) is 65.2 Å². The summed E-state index contributed by atoms with van der Waals surface area (Å²) in [6.07, 6.45) is 0.464. The number of aromatic nitrogens is 1. The lowest BCUT2D eigenvalue weighted by Gasteiger charge is -2.49. The van der Waals surface area contributed by atoms with E-state index in [1.54, 1.807) is 19.0 Å². The fourth-order valence-electron chi connectivity index (χ4n) is 7.15. The number of phenolic OH excluding ortho intramolecular Hbond substituents is 1. The summed E-state index contributed by atoms with van der Waals surface area (Å²) in [7, 11) is 3.43. The van der Waals surface area contributed by atoms with Crippen LogP contribution in [0.25, 0.3) is 5.76 Å². The third-order valence-corrected chi connectivity index (χ3v) is 9.43. The van der Waals surface area contributed by atoms with E-state index in [0.717, 1.165) is 11.6 Å². The van der Waals surface area contributed by atoms with E-state index in [4.69, 9.17) is 9.26 Å². The van der Waals surface area contributed by atoms with Gasteiger partial charge >= 0.3 is 0 Å². The number of carbonyl (C=O) groups excluding carboxylic acids is 3. The van der Waals surface area contributed by atoms with Crippen LogP contribution in [-0.4, -0.2) is 62.4 Å². The van der Waals surface area contributed by atoms with E-state index in [9.17, 15) is 29.7 Å². The molecule has 242 valence electrons. The number of phenols is 1. The van der Waals surface area contributed by atoms with E-state index >= 15 is 4.39 Å². The van der Waals surface area contributed by atoms with Gasteiger partial charge in [-0.25, -0.2) is 4.39 Å². The number of aromatic hydroxyl groups is 1. The maximum absolute atomic E-state index is 15.4. The van der Waals surface area contributed by atoms with Gasteiger partial charge in [-0.15, -0.1) is 0 Å². The Labute approximate surface area is 265 Å². The summed E-state index contributed by atoms with van der Waals surface area (Å²) in [6, 6.07) is 9.49. The molecule has 3 aliphatic rings. The Bertz CT molecular complexity index is 1790. The first kappa shape index (κ1) is 31.6. The summed E-state index contributed by atoms with van der Waals surface area (Å²) in [5.41, 5.74) is -3.06.